The van der Waals surface area contributed by atoms with E-state index in [-0.39, 0.29) is 6.10 Å². The molecule has 0 bridgehead atoms. The summed E-state index contributed by atoms with van der Waals surface area (Å²) >= 11 is 0. The summed E-state index contributed by atoms with van der Waals surface area (Å²) < 4.78 is 6.15. The minimum atomic E-state index is -0.238. The second-order valence-electron chi connectivity index (χ2n) is 11.6. The highest BCUT2D eigenvalue weighted by atomic mass is 16.3. The number of benzene rings is 3. The van der Waals surface area contributed by atoms with Gasteiger partial charge in [-0.2, -0.15) is 5.26 Å². The molecule has 0 amide bonds. The van der Waals surface area contributed by atoms with Crippen LogP contribution in [0, 0.1) is 32.1 Å². The number of aryl methyl sites for hydroxylation is 1. The Bertz CT molecular complexity index is 2090. The van der Waals surface area contributed by atoms with Gasteiger partial charge in [0, 0.05) is 48.7 Å². The van der Waals surface area contributed by atoms with E-state index < -0.39 is 0 Å². The summed E-state index contributed by atoms with van der Waals surface area (Å²) in [6.45, 7) is 8.51. The number of hydrogen-bond donors (Lipinski definition) is 2. The van der Waals surface area contributed by atoms with Gasteiger partial charge >= 0.3 is 0 Å². The Morgan fingerprint density at radius 1 is 1.00 bits per heavy atom. The summed E-state index contributed by atoms with van der Waals surface area (Å²) in [5.41, 5.74) is 10.7. The van der Waals surface area contributed by atoms with Crippen molar-refractivity contribution in [3.63, 3.8) is 0 Å². The Morgan fingerprint density at radius 2 is 1.80 bits per heavy atom. The maximum absolute atomic E-state index is 9.88. The van der Waals surface area contributed by atoms with E-state index in [4.69, 9.17) is 14.4 Å². The highest BCUT2D eigenvalue weighted by Gasteiger charge is 2.21. The van der Waals surface area contributed by atoms with Crippen LogP contribution >= 0.6 is 0 Å². The number of nitrogens with one attached hydrogen (secondary N) is 1. The molecule has 8 heteroatoms. The summed E-state index contributed by atoms with van der Waals surface area (Å²) in [5, 5.41) is 24.1. The molecular weight excluding hydrogens is 548 g/mol. The highest BCUT2D eigenvalue weighted by Crippen LogP contribution is 2.37. The molecule has 1 aliphatic heterocycles. The SMILES string of the molecule is Cc1cc(C#N)c2oc(-c3cccc(-c4cccc(Nc5nccc6cc(CN7CC[C@@H](O)C7)cnc56)c4C)c3C)nc2c1. The van der Waals surface area contributed by atoms with Crippen LogP contribution in [0.1, 0.15) is 34.2 Å². The van der Waals surface area contributed by atoms with E-state index in [9.17, 15) is 10.4 Å². The first-order valence-corrected chi connectivity index (χ1v) is 14.8. The van der Waals surface area contributed by atoms with Crippen molar-refractivity contribution in [3.05, 3.63) is 101 Å². The molecule has 8 nitrogen and oxygen atoms in total. The topological polar surface area (TPSA) is 111 Å². The van der Waals surface area contributed by atoms with Gasteiger partial charge < -0.3 is 14.8 Å². The number of β-amino-alcohol motifs (C(OH)–C–C–N with tert-alkyl or cyclic N) is 1. The molecule has 1 atom stereocenters. The van der Waals surface area contributed by atoms with E-state index in [0.29, 0.717) is 34.9 Å². The van der Waals surface area contributed by atoms with Crippen molar-refractivity contribution in [1.82, 2.24) is 19.9 Å². The van der Waals surface area contributed by atoms with Gasteiger partial charge in [0.25, 0.3) is 0 Å². The fourth-order valence-corrected chi connectivity index (χ4v) is 6.22. The number of hydrogen-bond acceptors (Lipinski definition) is 8. The third-order valence-corrected chi connectivity index (χ3v) is 8.51. The lowest BCUT2D eigenvalue weighted by atomic mass is 9.93. The second-order valence-corrected chi connectivity index (χ2v) is 11.6. The number of aliphatic hydroxyl groups excluding tert-OH is 1. The van der Waals surface area contributed by atoms with E-state index in [1.54, 1.807) is 0 Å². The molecule has 0 spiro atoms. The van der Waals surface area contributed by atoms with Crippen LogP contribution in [-0.4, -0.2) is 44.2 Å². The number of nitriles is 1. The Hall–Kier alpha value is -5.10. The molecule has 2 N–H and O–H groups in total. The van der Waals surface area contributed by atoms with E-state index in [1.165, 1.54) is 0 Å². The lowest BCUT2D eigenvalue weighted by Crippen LogP contribution is -2.21. The molecule has 0 unspecified atom stereocenters. The van der Waals surface area contributed by atoms with Crippen LogP contribution in [0.2, 0.25) is 0 Å². The standard InChI is InChI=1S/C36H32N6O2/c1-21-14-26(17-37)34-32(15-21)41-36(44-34)30-8-4-6-28(22(30)2)29-7-5-9-31(23(29)3)40-35-33-25(10-12-38-35)16-24(18-39-33)19-42-13-11-27(43)20-42/h4-10,12,14-16,18,27,43H,11,13,19-20H2,1-3H3,(H,38,40)/t27-/m1/s1. The molecule has 3 aromatic heterocycles. The zero-order valence-corrected chi connectivity index (χ0v) is 24.9. The summed E-state index contributed by atoms with van der Waals surface area (Å²) in [6, 6.07) is 22.5. The second kappa shape index (κ2) is 11.2. The number of aromatic nitrogens is 3. The molecular formula is C36H32N6O2. The molecule has 1 saturated heterocycles. The maximum Gasteiger partial charge on any atom is 0.227 e. The number of nitrogens with zero attached hydrogens (tertiary/aromatic N) is 5. The Morgan fingerprint density at radius 3 is 2.59 bits per heavy atom. The molecule has 4 heterocycles. The van der Waals surface area contributed by atoms with Crippen molar-refractivity contribution >= 4 is 33.5 Å². The quantitative estimate of drug-likeness (QED) is 0.213. The minimum absolute atomic E-state index is 0.238. The van der Waals surface area contributed by atoms with Gasteiger partial charge in [-0.25, -0.2) is 9.97 Å². The van der Waals surface area contributed by atoms with Crippen molar-refractivity contribution in [2.45, 2.75) is 39.8 Å². The zero-order chi connectivity index (χ0) is 30.4. The zero-order valence-electron chi connectivity index (χ0n) is 24.9. The van der Waals surface area contributed by atoms with Crippen LogP contribution in [0.15, 0.2) is 77.5 Å². The Labute approximate surface area is 255 Å². The lowest BCUT2D eigenvalue weighted by molar-refractivity contribution is 0.175. The van der Waals surface area contributed by atoms with Crippen molar-refractivity contribution in [2.75, 3.05) is 18.4 Å². The van der Waals surface area contributed by atoms with Gasteiger partial charge in [-0.15, -0.1) is 0 Å². The summed E-state index contributed by atoms with van der Waals surface area (Å²) in [6.07, 6.45) is 4.30. The molecule has 3 aromatic carbocycles. The molecule has 1 aliphatic rings. The number of fused-ring (bicyclic) bond motifs is 2. The van der Waals surface area contributed by atoms with Gasteiger partial charge in [-0.1, -0.05) is 24.3 Å². The van der Waals surface area contributed by atoms with E-state index in [1.807, 2.05) is 55.7 Å². The number of likely N-dealkylation sites (tertiary alicyclic amines) is 1. The number of pyridine rings is 2. The number of anilines is 2. The molecule has 218 valence electrons. The van der Waals surface area contributed by atoms with Crippen LogP contribution in [0.3, 0.4) is 0 Å². The van der Waals surface area contributed by atoms with Gasteiger partial charge in [0.15, 0.2) is 11.4 Å². The maximum atomic E-state index is 9.88. The van der Waals surface area contributed by atoms with Crippen molar-refractivity contribution in [3.8, 4) is 28.7 Å². The normalized spacial score (nSPS) is 15.2. The average Bonchev–Trinajstić information content (AvgIpc) is 3.63. The van der Waals surface area contributed by atoms with E-state index >= 15 is 0 Å². The number of oxazole rings is 1. The smallest absolute Gasteiger partial charge is 0.227 e. The molecule has 0 aliphatic carbocycles. The van der Waals surface area contributed by atoms with Gasteiger partial charge in [0.2, 0.25) is 5.89 Å². The van der Waals surface area contributed by atoms with E-state index in [2.05, 4.69) is 59.4 Å². The van der Waals surface area contributed by atoms with E-state index in [0.717, 1.165) is 75.0 Å². The van der Waals surface area contributed by atoms with Crippen LogP contribution < -0.4 is 5.32 Å². The third-order valence-electron chi connectivity index (χ3n) is 8.51. The molecule has 0 radical (unpaired) electrons. The lowest BCUT2D eigenvalue weighted by Gasteiger charge is -2.17. The van der Waals surface area contributed by atoms with Crippen molar-refractivity contribution in [2.24, 2.45) is 0 Å². The van der Waals surface area contributed by atoms with Crippen LogP contribution in [-0.2, 0) is 6.54 Å². The van der Waals surface area contributed by atoms with Crippen LogP contribution in [0.4, 0.5) is 11.5 Å². The molecule has 7 rings (SSSR count). The third kappa shape index (κ3) is 5.06. The van der Waals surface area contributed by atoms with Gasteiger partial charge in [-0.3, -0.25) is 9.88 Å². The van der Waals surface area contributed by atoms with Crippen molar-refractivity contribution in [1.29, 1.82) is 5.26 Å². The Balaban J connectivity index is 1.21. The van der Waals surface area contributed by atoms with Gasteiger partial charge in [-0.05, 0) is 97.0 Å². The monoisotopic (exact) mass is 580 g/mol. The minimum Gasteiger partial charge on any atom is -0.435 e. The van der Waals surface area contributed by atoms with Gasteiger partial charge in [0.1, 0.15) is 17.1 Å². The fourth-order valence-electron chi connectivity index (χ4n) is 6.22. The Kier molecular flexibility index (Phi) is 7.05. The summed E-state index contributed by atoms with van der Waals surface area (Å²) in [5.74, 6) is 1.20. The number of rotatable bonds is 6. The predicted octanol–water partition coefficient (Wildman–Crippen LogP) is 7.21. The summed E-state index contributed by atoms with van der Waals surface area (Å²) in [7, 11) is 0. The molecule has 1 fully saturated rings. The fraction of sp³-hybridized carbons (Fsp3) is 0.222. The largest absolute Gasteiger partial charge is 0.435 e. The number of aliphatic hydroxyl groups is 1. The average molecular weight is 581 g/mol. The van der Waals surface area contributed by atoms with Crippen molar-refractivity contribution < 1.29 is 9.52 Å². The van der Waals surface area contributed by atoms with Gasteiger partial charge in [0.05, 0.1) is 11.7 Å². The first-order valence-electron chi connectivity index (χ1n) is 14.8. The van der Waals surface area contributed by atoms with Crippen LogP contribution in [0.25, 0.3) is 44.6 Å². The van der Waals surface area contributed by atoms with Crippen LogP contribution in [0.5, 0.6) is 0 Å². The summed E-state index contributed by atoms with van der Waals surface area (Å²) in [4.78, 5) is 16.4. The first-order chi connectivity index (χ1) is 21.4. The first kappa shape index (κ1) is 27.7. The molecule has 0 saturated carbocycles. The molecule has 44 heavy (non-hydrogen) atoms. The predicted molar refractivity (Wildman–Crippen MR) is 173 cm³/mol. The highest BCUT2D eigenvalue weighted by molar-refractivity contribution is 5.91. The molecule has 6 aromatic rings.